The fourth-order valence-corrected chi connectivity index (χ4v) is 1.35. The molecule has 2 aromatic heterocycles. The minimum absolute atomic E-state index is 0.353. The van der Waals surface area contributed by atoms with Gasteiger partial charge in [0.25, 0.3) is 0 Å². The highest BCUT2D eigenvalue weighted by molar-refractivity contribution is 6.05. The first-order valence-electron chi connectivity index (χ1n) is 4.09. The molecular formula is C7H8AlN5O. The van der Waals surface area contributed by atoms with Crippen molar-refractivity contribution in [2.24, 2.45) is 0 Å². The Hall–Kier alpha value is -1.45. The molecule has 0 aliphatic heterocycles. The van der Waals surface area contributed by atoms with Gasteiger partial charge in [0.15, 0.2) is 0 Å². The van der Waals surface area contributed by atoms with Crippen molar-refractivity contribution in [2.75, 3.05) is 0 Å². The van der Waals surface area contributed by atoms with E-state index < -0.39 is 0 Å². The maximum absolute atomic E-state index is 5.28. The van der Waals surface area contributed by atoms with Crippen molar-refractivity contribution < 1.29 is 4.74 Å². The molecule has 2 heterocycles. The first-order chi connectivity index (χ1) is 6.84. The molecule has 0 aliphatic carbocycles. The quantitative estimate of drug-likeness (QED) is 0.604. The second-order valence-corrected chi connectivity index (χ2v) is 3.62. The summed E-state index contributed by atoms with van der Waals surface area (Å²) in [6.07, 6.45) is 5.10. The standard InChI is InChI=1S/C7H6N5O.Al.2H/c1-2-8-7(9-3-1)13-5-6-4-10-12-11-6;;;/h1-4H,5H2;;;/q-1;+1;;. The molecule has 0 aromatic carbocycles. The van der Waals surface area contributed by atoms with Crippen molar-refractivity contribution in [3.63, 3.8) is 0 Å². The molecule has 0 bridgehead atoms. The number of hydrogen-bond donors (Lipinski definition) is 0. The first-order valence-corrected chi connectivity index (χ1v) is 4.99. The zero-order valence-electron chi connectivity index (χ0n) is 7.66. The SMILES string of the molecule is [AlH2][n]1cc(COc2ncccn2)nn1. The maximum Gasteiger partial charge on any atom is 0.400 e. The van der Waals surface area contributed by atoms with Crippen LogP contribution in [0.2, 0.25) is 0 Å². The van der Waals surface area contributed by atoms with Gasteiger partial charge in [-0.1, -0.05) is 5.21 Å². The Kier molecular flexibility index (Phi) is 2.72. The zero-order chi connectivity index (χ0) is 9.80. The molecular weight excluding hydrogens is 197 g/mol. The average Bonchev–Trinajstić information content (AvgIpc) is 2.63. The molecule has 0 saturated heterocycles. The lowest BCUT2D eigenvalue weighted by atomic mass is 10.5. The molecule has 7 heteroatoms. The van der Waals surface area contributed by atoms with Gasteiger partial charge < -0.3 is 8.40 Å². The van der Waals surface area contributed by atoms with Crippen molar-refractivity contribution in [3.8, 4) is 6.01 Å². The van der Waals surface area contributed by atoms with E-state index in [0.29, 0.717) is 12.6 Å². The van der Waals surface area contributed by atoms with Gasteiger partial charge in [-0.3, -0.25) is 0 Å². The molecule has 14 heavy (non-hydrogen) atoms. The molecule has 6 nitrogen and oxygen atoms in total. The van der Waals surface area contributed by atoms with Crippen LogP contribution in [0.4, 0.5) is 0 Å². The molecule has 0 aliphatic rings. The Labute approximate surface area is 88.6 Å². The number of nitrogens with zero attached hydrogens (tertiary/aromatic N) is 5. The van der Waals surface area contributed by atoms with Gasteiger partial charge in [-0.25, -0.2) is 9.97 Å². The Morgan fingerprint density at radius 1 is 1.36 bits per heavy atom. The Balaban J connectivity index is 1.95. The van der Waals surface area contributed by atoms with Gasteiger partial charge in [0, 0.05) is 18.6 Å². The lowest BCUT2D eigenvalue weighted by Crippen LogP contribution is -1.98. The van der Waals surface area contributed by atoms with Crippen LogP contribution in [0.5, 0.6) is 6.01 Å². The van der Waals surface area contributed by atoms with E-state index >= 15 is 0 Å². The van der Waals surface area contributed by atoms with Gasteiger partial charge in [-0.05, 0) is 6.07 Å². The van der Waals surface area contributed by atoms with Gasteiger partial charge in [0.2, 0.25) is 0 Å². The predicted octanol–water partition coefficient (Wildman–Crippen LogP) is -0.957. The fourth-order valence-electron chi connectivity index (χ4n) is 0.960. The third kappa shape index (κ3) is 2.28. The van der Waals surface area contributed by atoms with Crippen molar-refractivity contribution in [3.05, 3.63) is 30.4 Å². The summed E-state index contributed by atoms with van der Waals surface area (Å²) < 4.78 is 7.04. The summed E-state index contributed by atoms with van der Waals surface area (Å²) in [7, 11) is 0. The summed E-state index contributed by atoms with van der Waals surface area (Å²) in [5, 5.41) is 7.73. The van der Waals surface area contributed by atoms with E-state index in [0.717, 1.165) is 22.2 Å². The molecule has 0 fully saturated rings. The van der Waals surface area contributed by atoms with Gasteiger partial charge in [-0.15, -0.1) is 5.10 Å². The monoisotopic (exact) mass is 205 g/mol. The fraction of sp³-hybridized carbons (Fsp3) is 0.143. The van der Waals surface area contributed by atoms with Crippen molar-refractivity contribution in [1.29, 1.82) is 0 Å². The smallest absolute Gasteiger partial charge is 0.400 e. The highest BCUT2D eigenvalue weighted by atomic mass is 27.1. The van der Waals surface area contributed by atoms with Crippen molar-refractivity contribution in [2.45, 2.75) is 6.61 Å². The highest BCUT2D eigenvalue weighted by Crippen LogP contribution is 2.01. The van der Waals surface area contributed by atoms with Crippen LogP contribution < -0.4 is 4.74 Å². The molecule has 0 atom stereocenters. The van der Waals surface area contributed by atoms with Gasteiger partial charge in [-0.2, -0.15) is 0 Å². The van der Waals surface area contributed by atoms with Gasteiger partial charge in [0.1, 0.15) is 12.3 Å². The topological polar surface area (TPSA) is 65.7 Å². The van der Waals surface area contributed by atoms with E-state index in [1.807, 2.05) is 6.20 Å². The van der Waals surface area contributed by atoms with Crippen LogP contribution in [-0.4, -0.2) is 40.5 Å². The largest absolute Gasteiger partial charge is 0.457 e. The van der Waals surface area contributed by atoms with Gasteiger partial charge >= 0.3 is 22.5 Å². The molecule has 0 amide bonds. The molecule has 0 saturated carbocycles. The van der Waals surface area contributed by atoms with Crippen LogP contribution in [0, 0.1) is 0 Å². The molecule has 2 rings (SSSR count). The van der Waals surface area contributed by atoms with Crippen LogP contribution in [0.3, 0.4) is 0 Å². The summed E-state index contributed by atoms with van der Waals surface area (Å²) in [6, 6.07) is 2.09. The normalized spacial score (nSPS) is 10.0. The molecule has 70 valence electrons. The number of aromatic nitrogens is 5. The van der Waals surface area contributed by atoms with Gasteiger partial charge in [0.05, 0.1) is 0 Å². The molecule has 0 radical (unpaired) electrons. The van der Waals surface area contributed by atoms with Crippen LogP contribution in [0.25, 0.3) is 0 Å². The van der Waals surface area contributed by atoms with Crippen molar-refractivity contribution >= 4 is 16.5 Å². The highest BCUT2D eigenvalue weighted by Gasteiger charge is 2.00. The number of rotatable bonds is 3. The van der Waals surface area contributed by atoms with Crippen molar-refractivity contribution in [1.82, 2.24) is 23.9 Å². The second kappa shape index (κ2) is 4.18. The van der Waals surface area contributed by atoms with Crippen LogP contribution in [-0.2, 0) is 6.61 Å². The minimum Gasteiger partial charge on any atom is -0.457 e. The van der Waals surface area contributed by atoms with Crippen LogP contribution in [0.1, 0.15) is 5.69 Å². The van der Waals surface area contributed by atoms with E-state index in [1.165, 1.54) is 0 Å². The Morgan fingerprint density at radius 2 is 2.14 bits per heavy atom. The van der Waals surface area contributed by atoms with E-state index in [9.17, 15) is 0 Å². The number of hydrogen-bond acceptors (Lipinski definition) is 5. The Bertz CT molecular complexity index is 403. The summed E-state index contributed by atoms with van der Waals surface area (Å²) in [5.74, 6) is 0. The predicted molar refractivity (Wildman–Crippen MR) is 50.3 cm³/mol. The molecule has 0 unspecified atom stereocenters. The summed E-state index contributed by atoms with van der Waals surface area (Å²) in [6.45, 7) is 0.353. The van der Waals surface area contributed by atoms with Crippen LogP contribution in [0.15, 0.2) is 24.7 Å². The summed E-state index contributed by atoms with van der Waals surface area (Å²) in [5.41, 5.74) is 0.785. The average molecular weight is 205 g/mol. The lowest BCUT2D eigenvalue weighted by molar-refractivity contribution is 0.276. The minimum atomic E-state index is 0.353. The first kappa shape index (κ1) is 9.12. The summed E-state index contributed by atoms with van der Waals surface area (Å²) in [4.78, 5) is 7.84. The third-order valence-corrected chi connectivity index (χ3v) is 1.98. The van der Waals surface area contributed by atoms with Crippen LogP contribution >= 0.6 is 0 Å². The molecule has 0 N–H and O–H groups in total. The Morgan fingerprint density at radius 3 is 2.79 bits per heavy atom. The molecule has 0 spiro atoms. The van der Waals surface area contributed by atoms with E-state index in [1.54, 1.807) is 22.1 Å². The number of ether oxygens (including phenoxy) is 1. The van der Waals surface area contributed by atoms with E-state index in [-0.39, 0.29) is 0 Å². The van der Waals surface area contributed by atoms with E-state index in [4.69, 9.17) is 4.74 Å². The lowest BCUT2D eigenvalue weighted by Gasteiger charge is -1.99. The van der Waals surface area contributed by atoms with E-state index in [2.05, 4.69) is 20.3 Å². The summed E-state index contributed by atoms with van der Waals surface area (Å²) >= 11 is 0.828. The molecule has 2 aromatic rings. The zero-order valence-corrected chi connectivity index (χ0v) is 9.66. The maximum atomic E-state index is 5.28. The third-order valence-electron chi connectivity index (χ3n) is 1.54. The second-order valence-electron chi connectivity index (χ2n) is 2.70.